The zero-order valence-electron chi connectivity index (χ0n) is 11.2. The summed E-state index contributed by atoms with van der Waals surface area (Å²) in [7, 11) is 0. The largest absolute Gasteiger partial charge is 0.382 e. The van der Waals surface area contributed by atoms with Crippen LogP contribution in [0.4, 0.5) is 0 Å². The Labute approximate surface area is 116 Å². The lowest BCUT2D eigenvalue weighted by Gasteiger charge is -2.08. The number of benzene rings is 1. The van der Waals surface area contributed by atoms with Gasteiger partial charge in [0.15, 0.2) is 0 Å². The first-order chi connectivity index (χ1) is 9.65. The summed E-state index contributed by atoms with van der Waals surface area (Å²) in [6.45, 7) is 2.68. The lowest BCUT2D eigenvalue weighted by Crippen LogP contribution is -2.13. The average Bonchev–Trinajstić information content (AvgIpc) is 2.76. The molecule has 0 spiro atoms. The van der Waals surface area contributed by atoms with Crippen molar-refractivity contribution in [3.63, 3.8) is 0 Å². The van der Waals surface area contributed by atoms with E-state index in [0.717, 1.165) is 22.4 Å². The summed E-state index contributed by atoms with van der Waals surface area (Å²) in [5.74, 6) is 0.950. The number of aryl methyl sites for hydroxylation is 1. The summed E-state index contributed by atoms with van der Waals surface area (Å²) < 4.78 is 2.15. The van der Waals surface area contributed by atoms with Gasteiger partial charge in [0.2, 0.25) is 0 Å². The van der Waals surface area contributed by atoms with E-state index in [0.29, 0.717) is 12.2 Å². The molecule has 0 amide bonds. The van der Waals surface area contributed by atoms with Gasteiger partial charge in [0.1, 0.15) is 17.4 Å². The molecule has 2 heterocycles. The zero-order valence-corrected chi connectivity index (χ0v) is 11.2. The van der Waals surface area contributed by atoms with Gasteiger partial charge in [0, 0.05) is 12.7 Å². The Morgan fingerprint density at radius 2 is 2.10 bits per heavy atom. The first-order valence-corrected chi connectivity index (χ1v) is 6.36. The summed E-state index contributed by atoms with van der Waals surface area (Å²) in [5.41, 5.74) is 9.13. The number of imidazole rings is 1. The van der Waals surface area contributed by atoms with Gasteiger partial charge in [-0.3, -0.25) is 10.4 Å². The number of fused-ring (bicyclic) bond motifs is 1. The topological polar surface area (TPSA) is 80.6 Å². The first-order valence-electron chi connectivity index (χ1n) is 6.36. The lowest BCUT2D eigenvalue weighted by atomic mass is 10.2. The molecule has 0 radical (unpaired) electrons. The molecule has 5 heteroatoms. The number of hydrogen-bond acceptors (Lipinski definition) is 3. The Morgan fingerprint density at radius 3 is 2.90 bits per heavy atom. The van der Waals surface area contributed by atoms with Crippen LogP contribution in [0.3, 0.4) is 0 Å². The monoisotopic (exact) mass is 265 g/mol. The van der Waals surface area contributed by atoms with E-state index < -0.39 is 0 Å². The Bertz CT molecular complexity index is 788. The summed E-state index contributed by atoms with van der Waals surface area (Å²) in [6.07, 6.45) is 1.68. The quantitative estimate of drug-likeness (QED) is 0.562. The van der Waals surface area contributed by atoms with Crippen LogP contribution >= 0.6 is 0 Å². The molecule has 0 atom stereocenters. The Morgan fingerprint density at radius 1 is 1.30 bits per heavy atom. The van der Waals surface area contributed by atoms with Crippen molar-refractivity contribution in [1.29, 1.82) is 5.41 Å². The molecule has 5 nitrogen and oxygen atoms in total. The van der Waals surface area contributed by atoms with Crippen LogP contribution in [0.1, 0.15) is 17.1 Å². The maximum absolute atomic E-state index is 7.45. The Kier molecular flexibility index (Phi) is 2.95. The SMILES string of the molecule is Cc1nc2ccccc2n1Cc1ccnc(C(=N)N)c1. The van der Waals surface area contributed by atoms with Gasteiger partial charge >= 0.3 is 0 Å². The lowest BCUT2D eigenvalue weighted by molar-refractivity contribution is 0.784. The van der Waals surface area contributed by atoms with E-state index in [1.807, 2.05) is 37.3 Å². The number of aromatic nitrogens is 3. The van der Waals surface area contributed by atoms with Crippen molar-refractivity contribution in [3.8, 4) is 0 Å². The van der Waals surface area contributed by atoms with Crippen LogP contribution in [0.25, 0.3) is 11.0 Å². The molecule has 3 N–H and O–H groups in total. The second-order valence-electron chi connectivity index (χ2n) is 4.70. The van der Waals surface area contributed by atoms with Gasteiger partial charge in [-0.25, -0.2) is 4.98 Å². The molecule has 3 aromatic rings. The van der Waals surface area contributed by atoms with E-state index in [9.17, 15) is 0 Å². The third kappa shape index (κ3) is 2.14. The Hall–Kier alpha value is -2.69. The number of nitrogens with two attached hydrogens (primary N) is 1. The van der Waals surface area contributed by atoms with Crippen molar-refractivity contribution >= 4 is 16.9 Å². The molecule has 3 rings (SSSR count). The molecule has 20 heavy (non-hydrogen) atoms. The predicted octanol–water partition coefficient (Wildman–Crippen LogP) is 2.07. The van der Waals surface area contributed by atoms with Gasteiger partial charge in [-0.2, -0.15) is 0 Å². The van der Waals surface area contributed by atoms with Gasteiger partial charge in [0.05, 0.1) is 11.0 Å². The van der Waals surface area contributed by atoms with Crippen molar-refractivity contribution in [2.45, 2.75) is 13.5 Å². The van der Waals surface area contributed by atoms with Crippen molar-refractivity contribution in [2.75, 3.05) is 0 Å². The number of nitrogens with zero attached hydrogens (tertiary/aromatic N) is 3. The minimum absolute atomic E-state index is 0.0148. The van der Waals surface area contributed by atoms with Crippen LogP contribution in [0.5, 0.6) is 0 Å². The highest BCUT2D eigenvalue weighted by Gasteiger charge is 2.08. The summed E-state index contributed by atoms with van der Waals surface area (Å²) in [6, 6.07) is 11.8. The van der Waals surface area contributed by atoms with Crippen LogP contribution in [-0.4, -0.2) is 20.4 Å². The van der Waals surface area contributed by atoms with Crippen LogP contribution < -0.4 is 5.73 Å². The highest BCUT2D eigenvalue weighted by Crippen LogP contribution is 2.17. The molecule has 0 saturated carbocycles. The van der Waals surface area contributed by atoms with E-state index in [-0.39, 0.29) is 5.84 Å². The van der Waals surface area contributed by atoms with Crippen molar-refractivity contribution in [1.82, 2.24) is 14.5 Å². The molecule has 0 bridgehead atoms. The molecular formula is C15H15N5. The van der Waals surface area contributed by atoms with E-state index in [1.54, 1.807) is 6.20 Å². The van der Waals surface area contributed by atoms with Crippen LogP contribution in [-0.2, 0) is 6.54 Å². The second kappa shape index (κ2) is 4.77. The third-order valence-corrected chi connectivity index (χ3v) is 3.29. The summed E-state index contributed by atoms with van der Waals surface area (Å²) in [5, 5.41) is 7.45. The van der Waals surface area contributed by atoms with Gasteiger partial charge < -0.3 is 10.3 Å². The summed E-state index contributed by atoms with van der Waals surface area (Å²) in [4.78, 5) is 8.63. The molecule has 1 aromatic carbocycles. The first kappa shape index (κ1) is 12.3. The minimum atomic E-state index is -0.0148. The van der Waals surface area contributed by atoms with Crippen molar-refractivity contribution in [2.24, 2.45) is 5.73 Å². The number of hydrogen-bond donors (Lipinski definition) is 2. The number of amidine groups is 1. The van der Waals surface area contributed by atoms with Crippen LogP contribution in [0.2, 0.25) is 0 Å². The van der Waals surface area contributed by atoms with Gasteiger partial charge in [-0.1, -0.05) is 12.1 Å². The van der Waals surface area contributed by atoms with Gasteiger partial charge in [0.25, 0.3) is 0 Å². The fourth-order valence-corrected chi connectivity index (χ4v) is 2.30. The van der Waals surface area contributed by atoms with Crippen molar-refractivity contribution in [3.05, 3.63) is 59.7 Å². The molecule has 0 aliphatic carbocycles. The number of nitrogens with one attached hydrogen (secondary N) is 1. The van der Waals surface area contributed by atoms with Crippen LogP contribution in [0.15, 0.2) is 42.6 Å². The molecule has 100 valence electrons. The molecule has 0 aliphatic heterocycles. The molecule has 0 fully saturated rings. The number of rotatable bonds is 3. The van der Waals surface area contributed by atoms with E-state index in [4.69, 9.17) is 11.1 Å². The summed E-state index contributed by atoms with van der Waals surface area (Å²) >= 11 is 0. The maximum atomic E-state index is 7.45. The molecule has 0 aliphatic rings. The zero-order chi connectivity index (χ0) is 14.1. The number of para-hydroxylation sites is 2. The van der Waals surface area contributed by atoms with Gasteiger partial charge in [-0.15, -0.1) is 0 Å². The number of pyridine rings is 1. The predicted molar refractivity (Wildman–Crippen MR) is 78.8 cm³/mol. The van der Waals surface area contributed by atoms with Crippen LogP contribution in [0, 0.1) is 12.3 Å². The molecular weight excluding hydrogens is 250 g/mol. The van der Waals surface area contributed by atoms with E-state index in [2.05, 4.69) is 20.6 Å². The smallest absolute Gasteiger partial charge is 0.141 e. The van der Waals surface area contributed by atoms with Gasteiger partial charge in [-0.05, 0) is 36.8 Å². The minimum Gasteiger partial charge on any atom is -0.382 e. The highest BCUT2D eigenvalue weighted by atomic mass is 15.1. The fraction of sp³-hybridized carbons (Fsp3) is 0.133. The number of nitrogen functional groups attached to an aromatic ring is 1. The van der Waals surface area contributed by atoms with E-state index in [1.165, 1.54) is 0 Å². The highest BCUT2D eigenvalue weighted by molar-refractivity contribution is 5.93. The Balaban J connectivity index is 2.03. The standard InChI is InChI=1S/C15H15N5/c1-10-19-12-4-2-3-5-14(12)20(10)9-11-6-7-18-13(8-11)15(16)17/h2-8H,9H2,1H3,(H3,16,17). The maximum Gasteiger partial charge on any atom is 0.141 e. The molecule has 0 saturated heterocycles. The van der Waals surface area contributed by atoms with Crippen molar-refractivity contribution < 1.29 is 0 Å². The average molecular weight is 265 g/mol. The second-order valence-corrected chi connectivity index (χ2v) is 4.70. The third-order valence-electron chi connectivity index (χ3n) is 3.29. The normalized spacial score (nSPS) is 10.8. The fourth-order valence-electron chi connectivity index (χ4n) is 2.30. The molecule has 2 aromatic heterocycles. The molecule has 0 unspecified atom stereocenters. The van der Waals surface area contributed by atoms with E-state index >= 15 is 0 Å².